The van der Waals surface area contributed by atoms with Crippen LogP contribution in [-0.4, -0.2) is 16.7 Å². The van der Waals surface area contributed by atoms with Gasteiger partial charge in [0.15, 0.2) is 11.6 Å². The standard InChI is InChI=1S/C19H20O3/c1-19(2,3)14-10-8-13(9-11-14)17(21)12-18(22)15-6-4-5-7-16(15)20/h4-11,20H,12H2,1-3H3. The van der Waals surface area contributed by atoms with Crippen molar-refractivity contribution in [3.8, 4) is 5.75 Å². The largest absolute Gasteiger partial charge is 0.507 e. The zero-order valence-electron chi connectivity index (χ0n) is 13.1. The van der Waals surface area contributed by atoms with E-state index in [2.05, 4.69) is 20.8 Å². The second-order valence-corrected chi connectivity index (χ2v) is 6.37. The summed E-state index contributed by atoms with van der Waals surface area (Å²) >= 11 is 0. The van der Waals surface area contributed by atoms with Crippen molar-refractivity contribution < 1.29 is 14.7 Å². The summed E-state index contributed by atoms with van der Waals surface area (Å²) in [5, 5.41) is 9.66. The van der Waals surface area contributed by atoms with E-state index < -0.39 is 0 Å². The van der Waals surface area contributed by atoms with E-state index in [0.717, 1.165) is 5.56 Å². The second-order valence-electron chi connectivity index (χ2n) is 6.37. The lowest BCUT2D eigenvalue weighted by molar-refractivity contribution is 0.0893. The van der Waals surface area contributed by atoms with Gasteiger partial charge in [-0.2, -0.15) is 0 Å². The third-order valence-corrected chi connectivity index (χ3v) is 3.60. The molecule has 3 nitrogen and oxygen atoms in total. The topological polar surface area (TPSA) is 54.4 Å². The molecule has 114 valence electrons. The molecule has 2 aromatic rings. The third kappa shape index (κ3) is 3.61. The molecule has 0 amide bonds. The minimum atomic E-state index is -0.372. The first-order valence-electron chi connectivity index (χ1n) is 7.24. The molecule has 0 heterocycles. The Morgan fingerprint density at radius 3 is 2.05 bits per heavy atom. The highest BCUT2D eigenvalue weighted by atomic mass is 16.3. The summed E-state index contributed by atoms with van der Waals surface area (Å²) in [4.78, 5) is 24.3. The Kier molecular flexibility index (Phi) is 4.45. The summed E-state index contributed by atoms with van der Waals surface area (Å²) in [5.41, 5.74) is 1.85. The minimum Gasteiger partial charge on any atom is -0.507 e. The number of aromatic hydroxyl groups is 1. The Balaban J connectivity index is 2.13. The van der Waals surface area contributed by atoms with Crippen molar-refractivity contribution in [3.05, 3.63) is 65.2 Å². The van der Waals surface area contributed by atoms with Crippen LogP contribution in [-0.2, 0) is 5.41 Å². The number of phenolic OH excluding ortho intramolecular Hbond substituents is 1. The lowest BCUT2D eigenvalue weighted by Crippen LogP contribution is -2.12. The highest BCUT2D eigenvalue weighted by Crippen LogP contribution is 2.23. The molecule has 0 aromatic heterocycles. The van der Waals surface area contributed by atoms with Gasteiger partial charge in [-0.25, -0.2) is 0 Å². The van der Waals surface area contributed by atoms with Crippen molar-refractivity contribution in [2.24, 2.45) is 0 Å². The van der Waals surface area contributed by atoms with Crippen LogP contribution in [0.5, 0.6) is 5.75 Å². The van der Waals surface area contributed by atoms with Crippen LogP contribution in [0.4, 0.5) is 0 Å². The normalized spacial score (nSPS) is 11.2. The molecule has 3 heteroatoms. The summed E-state index contributed by atoms with van der Waals surface area (Å²) in [7, 11) is 0. The highest BCUT2D eigenvalue weighted by Gasteiger charge is 2.18. The smallest absolute Gasteiger partial charge is 0.174 e. The quantitative estimate of drug-likeness (QED) is 0.681. The summed E-state index contributed by atoms with van der Waals surface area (Å²) < 4.78 is 0. The van der Waals surface area contributed by atoms with E-state index in [1.165, 1.54) is 12.1 Å². The Labute approximate surface area is 130 Å². The lowest BCUT2D eigenvalue weighted by Gasteiger charge is -2.18. The van der Waals surface area contributed by atoms with Crippen molar-refractivity contribution in [3.63, 3.8) is 0 Å². The van der Waals surface area contributed by atoms with Crippen molar-refractivity contribution in [2.45, 2.75) is 32.6 Å². The van der Waals surface area contributed by atoms with E-state index in [0.29, 0.717) is 5.56 Å². The first-order chi connectivity index (χ1) is 10.3. The number of benzene rings is 2. The Bertz CT molecular complexity index is 691. The molecule has 0 aliphatic carbocycles. The average molecular weight is 296 g/mol. The van der Waals surface area contributed by atoms with Gasteiger partial charge in [0.25, 0.3) is 0 Å². The van der Waals surface area contributed by atoms with Crippen LogP contribution in [0, 0.1) is 0 Å². The van der Waals surface area contributed by atoms with Crippen molar-refractivity contribution in [1.29, 1.82) is 0 Å². The highest BCUT2D eigenvalue weighted by molar-refractivity contribution is 6.14. The number of carbonyl (C=O) groups excluding carboxylic acids is 2. The van der Waals surface area contributed by atoms with E-state index in [9.17, 15) is 14.7 Å². The van der Waals surface area contributed by atoms with Crippen LogP contribution >= 0.6 is 0 Å². The number of hydrogen-bond acceptors (Lipinski definition) is 3. The Morgan fingerprint density at radius 1 is 0.909 bits per heavy atom. The second kappa shape index (κ2) is 6.14. The Morgan fingerprint density at radius 2 is 1.50 bits per heavy atom. The molecule has 0 radical (unpaired) electrons. The minimum absolute atomic E-state index is 0.0211. The van der Waals surface area contributed by atoms with Gasteiger partial charge < -0.3 is 5.11 Å². The maximum Gasteiger partial charge on any atom is 0.174 e. The zero-order chi connectivity index (χ0) is 16.3. The van der Waals surface area contributed by atoms with Gasteiger partial charge in [-0.05, 0) is 23.1 Å². The van der Waals surface area contributed by atoms with E-state index in [1.54, 1.807) is 24.3 Å². The molecule has 0 fully saturated rings. The van der Waals surface area contributed by atoms with Gasteiger partial charge in [-0.1, -0.05) is 57.2 Å². The molecule has 0 saturated carbocycles. The number of phenols is 1. The number of carbonyl (C=O) groups is 2. The molecule has 0 aliphatic rings. The number of ketones is 2. The predicted octanol–water partition coefficient (Wildman–Crippen LogP) is 4.15. The third-order valence-electron chi connectivity index (χ3n) is 3.60. The molecule has 0 atom stereocenters. The fourth-order valence-corrected chi connectivity index (χ4v) is 2.21. The van der Waals surface area contributed by atoms with Crippen molar-refractivity contribution >= 4 is 11.6 Å². The van der Waals surface area contributed by atoms with Crippen LogP contribution in [0.25, 0.3) is 0 Å². The molecule has 1 N–H and O–H groups in total. The summed E-state index contributed by atoms with van der Waals surface area (Å²) in [6, 6.07) is 13.6. The summed E-state index contributed by atoms with van der Waals surface area (Å²) in [6.45, 7) is 6.31. The summed E-state index contributed by atoms with van der Waals surface area (Å²) in [5.74, 6) is -0.708. The van der Waals surface area contributed by atoms with E-state index in [-0.39, 0.29) is 34.7 Å². The lowest BCUT2D eigenvalue weighted by atomic mass is 9.86. The maximum atomic E-state index is 12.2. The molecule has 2 aromatic carbocycles. The maximum absolute atomic E-state index is 12.2. The summed E-state index contributed by atoms with van der Waals surface area (Å²) in [6.07, 6.45) is -0.244. The monoisotopic (exact) mass is 296 g/mol. The number of rotatable bonds is 4. The molecular formula is C19H20O3. The van der Waals surface area contributed by atoms with Gasteiger partial charge in [0, 0.05) is 5.56 Å². The molecule has 0 saturated heterocycles. The molecule has 2 rings (SSSR count). The van der Waals surface area contributed by atoms with Crippen LogP contribution in [0.3, 0.4) is 0 Å². The van der Waals surface area contributed by atoms with Crippen LogP contribution in [0.2, 0.25) is 0 Å². The van der Waals surface area contributed by atoms with Gasteiger partial charge in [0.05, 0.1) is 12.0 Å². The van der Waals surface area contributed by atoms with E-state index in [1.807, 2.05) is 12.1 Å². The van der Waals surface area contributed by atoms with Crippen molar-refractivity contribution in [2.75, 3.05) is 0 Å². The Hall–Kier alpha value is -2.42. The van der Waals surface area contributed by atoms with Gasteiger partial charge in [0.1, 0.15) is 5.75 Å². The number of para-hydroxylation sites is 1. The predicted molar refractivity (Wildman–Crippen MR) is 86.5 cm³/mol. The molecule has 0 aliphatic heterocycles. The van der Waals surface area contributed by atoms with Gasteiger partial charge in [0.2, 0.25) is 0 Å². The van der Waals surface area contributed by atoms with Crippen molar-refractivity contribution in [1.82, 2.24) is 0 Å². The SMILES string of the molecule is CC(C)(C)c1ccc(C(=O)CC(=O)c2ccccc2O)cc1. The van der Waals surface area contributed by atoms with Crippen LogP contribution < -0.4 is 0 Å². The van der Waals surface area contributed by atoms with Crippen LogP contribution in [0.1, 0.15) is 53.5 Å². The molecule has 22 heavy (non-hydrogen) atoms. The average Bonchev–Trinajstić information content (AvgIpc) is 2.46. The fraction of sp³-hybridized carbons (Fsp3) is 0.263. The first kappa shape index (κ1) is 16.0. The van der Waals surface area contributed by atoms with Gasteiger partial charge in [-0.15, -0.1) is 0 Å². The van der Waals surface area contributed by atoms with Gasteiger partial charge >= 0.3 is 0 Å². The van der Waals surface area contributed by atoms with E-state index in [4.69, 9.17) is 0 Å². The molecule has 0 spiro atoms. The fourth-order valence-electron chi connectivity index (χ4n) is 2.21. The first-order valence-corrected chi connectivity index (χ1v) is 7.24. The van der Waals surface area contributed by atoms with Crippen LogP contribution in [0.15, 0.2) is 48.5 Å². The number of Topliss-reactive ketones (excluding diaryl/α,β-unsaturated/α-hetero) is 2. The van der Waals surface area contributed by atoms with Gasteiger partial charge in [-0.3, -0.25) is 9.59 Å². The molecule has 0 unspecified atom stereocenters. The van der Waals surface area contributed by atoms with E-state index >= 15 is 0 Å². The zero-order valence-corrected chi connectivity index (χ0v) is 13.1. The molecular weight excluding hydrogens is 276 g/mol. The molecule has 0 bridgehead atoms. The number of hydrogen-bond donors (Lipinski definition) is 1.